The molecule has 0 saturated carbocycles. The molecule has 0 amide bonds. The van der Waals surface area contributed by atoms with Crippen LogP contribution in [0.4, 0.5) is 0 Å². The molecule has 0 unspecified atom stereocenters. The Hall–Kier alpha value is -6.06. The van der Waals surface area contributed by atoms with Crippen LogP contribution >= 0.6 is 0 Å². The van der Waals surface area contributed by atoms with Crippen LogP contribution in [0.2, 0.25) is 0 Å². The third kappa shape index (κ3) is 6.69. The molecule has 13 heteroatoms. The molecule has 0 aliphatic rings. The van der Waals surface area contributed by atoms with Crippen LogP contribution in [-0.4, -0.2) is 93.4 Å². The molecule has 60 heavy (non-hydrogen) atoms. The standard InChI is InChI=1S/C47H41B10N3/c48-35-33(36(49)40(53)43(56)39(35)52)26-15-13-24-20-28(16-14-23(24)19-26)47-59-45(22-7-2-1-3-8-22)58-46(60-47)27-10-6-9-25(21-27)29-17-18-32(31-12-5-4-11-30(29)31)34-37(50)41(54)44(57)42(55)38(34)51/h1-21H,48-57H2. The Balaban J connectivity index is 1.15. The van der Waals surface area contributed by atoms with Gasteiger partial charge in [0, 0.05) is 16.7 Å². The van der Waals surface area contributed by atoms with E-state index in [-0.39, 0.29) is 0 Å². The van der Waals surface area contributed by atoms with E-state index in [4.69, 9.17) is 15.0 Å². The highest BCUT2D eigenvalue weighted by Crippen LogP contribution is 2.36. The van der Waals surface area contributed by atoms with E-state index in [0.717, 1.165) is 27.6 Å². The lowest BCUT2D eigenvalue weighted by Gasteiger charge is -2.22. The first-order chi connectivity index (χ1) is 28.9. The fraction of sp³-hybridized carbons (Fsp3) is 0. The van der Waals surface area contributed by atoms with Crippen molar-refractivity contribution in [3.05, 3.63) is 127 Å². The molecule has 0 fully saturated rings. The molecule has 0 saturated heterocycles. The first-order valence-corrected chi connectivity index (χ1v) is 21.0. The van der Waals surface area contributed by atoms with Crippen LogP contribution in [0.3, 0.4) is 0 Å². The zero-order valence-electron chi connectivity index (χ0n) is 36.5. The number of aromatic nitrogens is 3. The molecular weight excluding hydrogens is 715 g/mol. The van der Waals surface area contributed by atoms with Crippen molar-refractivity contribution in [1.29, 1.82) is 0 Å². The Morgan fingerprint density at radius 3 is 1.25 bits per heavy atom. The quantitative estimate of drug-likeness (QED) is 0.160. The van der Waals surface area contributed by atoms with Gasteiger partial charge in [-0.1, -0.05) is 131 Å². The summed E-state index contributed by atoms with van der Waals surface area (Å²) in [7, 11) is 22.5. The summed E-state index contributed by atoms with van der Waals surface area (Å²) in [4.78, 5) is 15.4. The first-order valence-electron chi connectivity index (χ1n) is 21.0. The SMILES string of the molecule is Bc1c(B)c(B)c(-c2ccc3cc(-c4nc(-c5ccccc5)nc(-c5cccc(-c6ccc(-c7c(B)c(B)c(B)c(B)c7B)c7ccccc67)c5)n4)ccc3c2)c(B)c1B. The summed E-state index contributed by atoms with van der Waals surface area (Å²) in [5.41, 5.74) is 24.0. The molecule has 9 rings (SSSR count). The van der Waals surface area contributed by atoms with Crippen LogP contribution in [0.1, 0.15) is 0 Å². The largest absolute Gasteiger partial charge is 0.208 e. The van der Waals surface area contributed by atoms with E-state index in [0.29, 0.717) is 17.5 Å². The van der Waals surface area contributed by atoms with E-state index in [1.54, 1.807) is 0 Å². The van der Waals surface area contributed by atoms with Crippen LogP contribution in [-0.2, 0) is 0 Å². The number of rotatable bonds is 6. The van der Waals surface area contributed by atoms with Crippen LogP contribution in [0.15, 0.2) is 127 Å². The van der Waals surface area contributed by atoms with Crippen LogP contribution in [0.5, 0.6) is 0 Å². The Kier molecular flexibility index (Phi) is 10.2. The van der Waals surface area contributed by atoms with E-state index >= 15 is 0 Å². The number of hydrogen-bond donors (Lipinski definition) is 0. The molecule has 1 aromatic heterocycles. The average molecular weight is 756 g/mol. The summed E-state index contributed by atoms with van der Waals surface area (Å²) in [6, 6.07) is 45.7. The maximum absolute atomic E-state index is 5.19. The van der Waals surface area contributed by atoms with Gasteiger partial charge in [0.25, 0.3) is 0 Å². The molecule has 1 heterocycles. The van der Waals surface area contributed by atoms with Crippen molar-refractivity contribution in [2.24, 2.45) is 0 Å². The lowest BCUT2D eigenvalue weighted by molar-refractivity contribution is 1.07. The summed E-state index contributed by atoms with van der Waals surface area (Å²) < 4.78 is 0. The molecule has 274 valence electrons. The zero-order valence-corrected chi connectivity index (χ0v) is 36.5. The third-order valence-corrected chi connectivity index (χ3v) is 13.7. The van der Waals surface area contributed by atoms with Gasteiger partial charge in [-0.15, -0.1) is 32.8 Å². The van der Waals surface area contributed by atoms with Crippen molar-refractivity contribution in [2.45, 2.75) is 0 Å². The average Bonchev–Trinajstić information content (AvgIpc) is 3.29. The highest BCUT2D eigenvalue weighted by Gasteiger charge is 2.19. The van der Waals surface area contributed by atoms with E-state index in [1.807, 2.05) is 18.2 Å². The van der Waals surface area contributed by atoms with Crippen molar-refractivity contribution >= 4 is 155 Å². The molecule has 9 aromatic rings. The van der Waals surface area contributed by atoms with Gasteiger partial charge in [0.2, 0.25) is 0 Å². The van der Waals surface area contributed by atoms with Crippen molar-refractivity contribution in [3.63, 3.8) is 0 Å². The summed E-state index contributed by atoms with van der Waals surface area (Å²) in [5.74, 6) is 1.94. The van der Waals surface area contributed by atoms with E-state index < -0.39 is 0 Å². The second-order valence-corrected chi connectivity index (χ2v) is 16.7. The number of fused-ring (bicyclic) bond motifs is 2. The van der Waals surface area contributed by atoms with Crippen molar-refractivity contribution in [2.75, 3.05) is 0 Å². The summed E-state index contributed by atoms with van der Waals surface area (Å²) in [6.07, 6.45) is 0. The van der Waals surface area contributed by atoms with Gasteiger partial charge in [-0.25, -0.2) is 15.0 Å². The minimum atomic E-state index is 0.644. The molecule has 0 radical (unpaired) electrons. The van der Waals surface area contributed by atoms with E-state index in [9.17, 15) is 0 Å². The number of nitrogens with zero attached hydrogens (tertiary/aromatic N) is 3. The van der Waals surface area contributed by atoms with Gasteiger partial charge in [-0.2, -0.15) is 0 Å². The predicted octanol–water partition coefficient (Wildman–Crippen LogP) is -5.24. The highest BCUT2D eigenvalue weighted by molar-refractivity contribution is 6.70. The van der Waals surface area contributed by atoms with Crippen LogP contribution in [0, 0.1) is 0 Å². The summed E-state index contributed by atoms with van der Waals surface area (Å²) >= 11 is 0. The van der Waals surface area contributed by atoms with Crippen LogP contribution in [0.25, 0.3) is 89.1 Å². The number of hydrogen-bond acceptors (Lipinski definition) is 3. The smallest absolute Gasteiger partial charge is 0.164 e. The van der Waals surface area contributed by atoms with E-state index in [2.05, 4.69) is 188 Å². The van der Waals surface area contributed by atoms with E-state index in [1.165, 1.54) is 98.6 Å². The monoisotopic (exact) mass is 757 g/mol. The molecule has 0 aliphatic carbocycles. The molecule has 0 bridgehead atoms. The Morgan fingerprint density at radius 1 is 0.267 bits per heavy atom. The van der Waals surface area contributed by atoms with Gasteiger partial charge < -0.3 is 0 Å². The molecule has 0 atom stereocenters. The number of benzene rings is 8. The maximum atomic E-state index is 5.19. The maximum Gasteiger partial charge on any atom is 0.164 e. The molecule has 8 aromatic carbocycles. The third-order valence-electron chi connectivity index (χ3n) is 13.7. The van der Waals surface area contributed by atoms with Crippen LogP contribution < -0.4 is 54.6 Å². The Morgan fingerprint density at radius 2 is 0.667 bits per heavy atom. The fourth-order valence-electron chi connectivity index (χ4n) is 9.32. The highest BCUT2D eigenvalue weighted by atomic mass is 15.0. The summed E-state index contributed by atoms with van der Waals surface area (Å²) in [5, 5.41) is 4.81. The first kappa shape index (κ1) is 39.4. The Labute approximate surface area is 362 Å². The minimum absolute atomic E-state index is 0.644. The lowest BCUT2D eigenvalue weighted by atomic mass is 9.59. The zero-order chi connectivity index (χ0) is 42.0. The molecule has 0 N–H and O–H groups in total. The molecule has 0 aliphatic heterocycles. The van der Waals surface area contributed by atoms with Gasteiger partial charge in [-0.3, -0.25) is 0 Å². The van der Waals surface area contributed by atoms with Crippen molar-refractivity contribution in [3.8, 4) is 67.5 Å². The van der Waals surface area contributed by atoms with Crippen molar-refractivity contribution < 1.29 is 0 Å². The van der Waals surface area contributed by atoms with Gasteiger partial charge in [0.15, 0.2) is 17.5 Å². The van der Waals surface area contributed by atoms with Gasteiger partial charge >= 0.3 is 0 Å². The summed E-state index contributed by atoms with van der Waals surface area (Å²) in [6.45, 7) is 0. The van der Waals surface area contributed by atoms with Gasteiger partial charge in [0.1, 0.15) is 78.5 Å². The molecule has 3 nitrogen and oxygen atoms in total. The minimum Gasteiger partial charge on any atom is -0.208 e. The second kappa shape index (κ2) is 15.5. The normalized spacial score (nSPS) is 11.3. The second-order valence-electron chi connectivity index (χ2n) is 16.7. The van der Waals surface area contributed by atoms with Gasteiger partial charge in [0.05, 0.1) is 0 Å². The lowest BCUT2D eigenvalue weighted by Crippen LogP contribution is -2.55. The topological polar surface area (TPSA) is 38.7 Å². The Bertz CT molecular complexity index is 3170. The molecular formula is C47H41B10N3. The molecule has 0 spiro atoms. The van der Waals surface area contributed by atoms with Gasteiger partial charge in [-0.05, 0) is 73.1 Å². The van der Waals surface area contributed by atoms with Crippen molar-refractivity contribution in [1.82, 2.24) is 15.0 Å². The predicted molar refractivity (Wildman–Crippen MR) is 289 cm³/mol. The fourth-order valence-corrected chi connectivity index (χ4v) is 9.32.